The zero-order chi connectivity index (χ0) is 14.7. The van der Waals surface area contributed by atoms with E-state index in [1.165, 1.54) is 23.0 Å². The third-order valence-electron chi connectivity index (χ3n) is 2.39. The maximum absolute atomic E-state index is 13.3. The van der Waals surface area contributed by atoms with Gasteiger partial charge in [-0.05, 0) is 25.1 Å². The Hall–Kier alpha value is -2.21. The largest absolute Gasteiger partial charge is 0.461 e. The van der Waals surface area contributed by atoms with Gasteiger partial charge in [0.2, 0.25) is 11.1 Å². The van der Waals surface area contributed by atoms with Gasteiger partial charge in [-0.2, -0.15) is 5.10 Å². The quantitative estimate of drug-likeness (QED) is 0.815. The van der Waals surface area contributed by atoms with Crippen molar-refractivity contribution in [3.63, 3.8) is 0 Å². The minimum atomic E-state index is -0.825. The number of carbonyl (C=O) groups is 1. The molecule has 0 amide bonds. The first-order valence-corrected chi connectivity index (χ1v) is 6.12. The lowest BCUT2D eigenvalue weighted by Gasteiger charge is -2.07. The number of ether oxygens (including phenoxy) is 1. The molecule has 2 rings (SSSR count). The highest BCUT2D eigenvalue weighted by atomic mass is 35.5. The van der Waals surface area contributed by atoms with Crippen molar-refractivity contribution in [2.75, 3.05) is 6.61 Å². The first-order chi connectivity index (χ1) is 9.51. The van der Waals surface area contributed by atoms with Gasteiger partial charge in [0.1, 0.15) is 5.82 Å². The summed E-state index contributed by atoms with van der Waals surface area (Å²) in [4.78, 5) is 23.2. The van der Waals surface area contributed by atoms with E-state index in [2.05, 4.69) is 5.10 Å². The van der Waals surface area contributed by atoms with Crippen LogP contribution < -0.4 is 5.43 Å². The van der Waals surface area contributed by atoms with E-state index in [1.807, 2.05) is 0 Å². The highest BCUT2D eigenvalue weighted by Crippen LogP contribution is 2.16. The topological polar surface area (TPSA) is 61.2 Å². The fourth-order valence-corrected chi connectivity index (χ4v) is 1.78. The van der Waals surface area contributed by atoms with E-state index in [9.17, 15) is 14.0 Å². The summed E-state index contributed by atoms with van der Waals surface area (Å²) >= 11 is 5.75. The summed E-state index contributed by atoms with van der Waals surface area (Å²) in [5.74, 6) is -1.37. The molecule has 0 N–H and O–H groups in total. The summed E-state index contributed by atoms with van der Waals surface area (Å²) < 4.78 is 19.2. The second-order valence-electron chi connectivity index (χ2n) is 3.82. The smallest absolute Gasteiger partial charge is 0.362 e. The Morgan fingerprint density at radius 3 is 2.85 bits per heavy atom. The summed E-state index contributed by atoms with van der Waals surface area (Å²) in [6.45, 7) is 1.74. The second kappa shape index (κ2) is 5.83. The van der Waals surface area contributed by atoms with Gasteiger partial charge < -0.3 is 4.74 Å². The van der Waals surface area contributed by atoms with Gasteiger partial charge in [0, 0.05) is 17.3 Å². The molecule has 0 fully saturated rings. The molecule has 0 bridgehead atoms. The van der Waals surface area contributed by atoms with Crippen molar-refractivity contribution < 1.29 is 13.9 Å². The molecule has 20 heavy (non-hydrogen) atoms. The summed E-state index contributed by atoms with van der Waals surface area (Å²) in [5, 5.41) is 4.03. The molecule has 2 aromatic rings. The predicted molar refractivity (Wildman–Crippen MR) is 70.8 cm³/mol. The number of benzene rings is 1. The van der Waals surface area contributed by atoms with Crippen molar-refractivity contribution >= 4 is 17.6 Å². The van der Waals surface area contributed by atoms with Crippen LogP contribution in [0.5, 0.6) is 0 Å². The molecule has 0 aliphatic heterocycles. The standard InChI is InChI=1S/C13H10ClFN2O3/c1-2-20-13(19)12-11(18)3-4-17(16-12)10-6-8(14)5-9(15)7-10/h3-7H,2H2,1H3. The van der Waals surface area contributed by atoms with Crippen LogP contribution in [0.4, 0.5) is 4.39 Å². The molecule has 0 unspecified atom stereocenters. The molecule has 0 spiro atoms. The van der Waals surface area contributed by atoms with E-state index in [1.54, 1.807) is 6.92 Å². The van der Waals surface area contributed by atoms with Crippen LogP contribution in [0, 0.1) is 5.82 Å². The van der Waals surface area contributed by atoms with E-state index in [-0.39, 0.29) is 17.3 Å². The molecule has 0 saturated heterocycles. The summed E-state index contributed by atoms with van der Waals surface area (Å²) in [6, 6.07) is 4.92. The molecule has 1 aromatic heterocycles. The van der Waals surface area contributed by atoms with E-state index < -0.39 is 17.2 Å². The van der Waals surface area contributed by atoms with Gasteiger partial charge in [0.25, 0.3) is 0 Å². The van der Waals surface area contributed by atoms with Gasteiger partial charge in [-0.3, -0.25) is 4.79 Å². The molecule has 0 saturated carbocycles. The molecule has 0 atom stereocenters. The zero-order valence-corrected chi connectivity index (χ0v) is 11.2. The van der Waals surface area contributed by atoms with Crippen molar-refractivity contribution in [3.05, 3.63) is 57.2 Å². The minimum Gasteiger partial charge on any atom is -0.461 e. The lowest BCUT2D eigenvalue weighted by molar-refractivity contribution is 0.0515. The molecule has 1 heterocycles. The molecular weight excluding hydrogens is 287 g/mol. The second-order valence-corrected chi connectivity index (χ2v) is 4.26. The summed E-state index contributed by atoms with van der Waals surface area (Å²) in [5.41, 5.74) is -0.641. The van der Waals surface area contributed by atoms with Crippen LogP contribution in [0.2, 0.25) is 5.02 Å². The van der Waals surface area contributed by atoms with Crippen LogP contribution in [-0.4, -0.2) is 22.4 Å². The number of hydrogen-bond acceptors (Lipinski definition) is 4. The molecule has 0 radical (unpaired) electrons. The Morgan fingerprint density at radius 1 is 1.45 bits per heavy atom. The van der Waals surface area contributed by atoms with Crippen LogP contribution in [0.3, 0.4) is 0 Å². The molecule has 1 aromatic carbocycles. The zero-order valence-electron chi connectivity index (χ0n) is 10.5. The number of rotatable bonds is 3. The summed E-state index contributed by atoms with van der Waals surface area (Å²) in [7, 11) is 0. The number of esters is 1. The fraction of sp³-hybridized carbons (Fsp3) is 0.154. The maximum Gasteiger partial charge on any atom is 0.362 e. The Kier molecular flexibility index (Phi) is 4.14. The Labute approximate surface area is 118 Å². The van der Waals surface area contributed by atoms with Crippen LogP contribution in [0.25, 0.3) is 5.69 Å². The SMILES string of the molecule is CCOC(=O)c1nn(-c2cc(F)cc(Cl)c2)ccc1=O. The van der Waals surface area contributed by atoms with Gasteiger partial charge in [0.15, 0.2) is 0 Å². The van der Waals surface area contributed by atoms with Crippen molar-refractivity contribution in [2.45, 2.75) is 6.92 Å². The van der Waals surface area contributed by atoms with Crippen LogP contribution in [0.1, 0.15) is 17.4 Å². The third kappa shape index (κ3) is 3.03. The first kappa shape index (κ1) is 14.2. The van der Waals surface area contributed by atoms with E-state index in [0.29, 0.717) is 5.69 Å². The van der Waals surface area contributed by atoms with Gasteiger partial charge in [-0.1, -0.05) is 11.6 Å². The molecule has 5 nitrogen and oxygen atoms in total. The van der Waals surface area contributed by atoms with Crippen molar-refractivity contribution in [1.82, 2.24) is 9.78 Å². The van der Waals surface area contributed by atoms with E-state index in [4.69, 9.17) is 16.3 Å². The van der Waals surface area contributed by atoms with Gasteiger partial charge >= 0.3 is 5.97 Å². The first-order valence-electron chi connectivity index (χ1n) is 5.75. The monoisotopic (exact) mass is 296 g/mol. The predicted octanol–water partition coefficient (Wildman–Crippen LogP) is 2.20. The van der Waals surface area contributed by atoms with Crippen LogP contribution in [-0.2, 0) is 4.74 Å². The molecule has 7 heteroatoms. The van der Waals surface area contributed by atoms with Gasteiger partial charge in [0.05, 0.1) is 12.3 Å². The number of hydrogen-bond donors (Lipinski definition) is 0. The third-order valence-corrected chi connectivity index (χ3v) is 2.61. The number of aromatic nitrogens is 2. The number of carbonyl (C=O) groups excluding carboxylic acids is 1. The highest BCUT2D eigenvalue weighted by Gasteiger charge is 2.14. The maximum atomic E-state index is 13.3. The Balaban J connectivity index is 2.51. The molecule has 104 valence electrons. The number of nitrogens with zero attached hydrogens (tertiary/aromatic N) is 2. The average molecular weight is 297 g/mol. The normalized spacial score (nSPS) is 10.3. The molecular formula is C13H10ClFN2O3. The van der Waals surface area contributed by atoms with Crippen molar-refractivity contribution in [1.29, 1.82) is 0 Å². The Morgan fingerprint density at radius 2 is 2.20 bits per heavy atom. The van der Waals surface area contributed by atoms with Crippen molar-refractivity contribution in [3.8, 4) is 5.69 Å². The lowest BCUT2D eigenvalue weighted by atomic mass is 10.3. The Bertz CT molecular complexity index is 695. The van der Waals surface area contributed by atoms with Crippen LogP contribution >= 0.6 is 11.6 Å². The van der Waals surface area contributed by atoms with Crippen LogP contribution in [0.15, 0.2) is 35.3 Å². The van der Waals surface area contributed by atoms with Gasteiger partial charge in [-0.25, -0.2) is 13.9 Å². The molecule has 0 aliphatic carbocycles. The number of halogens is 2. The minimum absolute atomic E-state index is 0.126. The summed E-state index contributed by atoms with van der Waals surface area (Å²) in [6.07, 6.45) is 1.32. The fourth-order valence-electron chi connectivity index (χ4n) is 1.56. The van der Waals surface area contributed by atoms with Gasteiger partial charge in [-0.15, -0.1) is 0 Å². The average Bonchev–Trinajstić information content (AvgIpc) is 2.38. The van der Waals surface area contributed by atoms with E-state index in [0.717, 1.165) is 12.1 Å². The van der Waals surface area contributed by atoms with E-state index >= 15 is 0 Å². The highest BCUT2D eigenvalue weighted by molar-refractivity contribution is 6.30. The van der Waals surface area contributed by atoms with Crippen molar-refractivity contribution in [2.24, 2.45) is 0 Å². The molecule has 0 aliphatic rings. The lowest BCUT2D eigenvalue weighted by Crippen LogP contribution is -2.22.